The van der Waals surface area contributed by atoms with Crippen LogP contribution in [0.1, 0.15) is 6.42 Å². The second kappa shape index (κ2) is 6.56. The summed E-state index contributed by atoms with van der Waals surface area (Å²) in [5.41, 5.74) is 6.32. The van der Waals surface area contributed by atoms with E-state index in [2.05, 4.69) is 10.3 Å². The lowest BCUT2D eigenvalue weighted by molar-refractivity contribution is -0.116. The molecule has 7 heteroatoms. The van der Waals surface area contributed by atoms with Crippen molar-refractivity contribution in [2.75, 3.05) is 18.2 Å². The Balaban J connectivity index is 2.01. The lowest BCUT2D eigenvalue weighted by Crippen LogP contribution is -2.24. The fourth-order valence-electron chi connectivity index (χ4n) is 1.82. The topological polar surface area (TPSA) is 99.2 Å². The molecule has 0 fully saturated rings. The van der Waals surface area contributed by atoms with Gasteiger partial charge in [0.2, 0.25) is 5.91 Å². The summed E-state index contributed by atoms with van der Waals surface area (Å²) in [4.78, 5) is 27.0. The molecule has 3 N–H and O–H groups in total. The molecule has 110 valence electrons. The smallest absolute Gasteiger partial charge is 0.347 e. The Kier molecular flexibility index (Phi) is 4.55. The highest BCUT2D eigenvalue weighted by Crippen LogP contribution is 2.26. The standard InChI is InChI=1S/C14H16N4O3/c1-21-12-4-3-10(15)9-11(12)17-13(19)5-8-18-7-2-6-16-14(18)20/h2-4,6-7,9H,5,8,15H2,1H3,(H,17,19). The maximum atomic E-state index is 11.9. The number of hydrogen-bond acceptors (Lipinski definition) is 5. The van der Waals surface area contributed by atoms with Gasteiger partial charge in [0, 0.05) is 31.0 Å². The van der Waals surface area contributed by atoms with E-state index in [-0.39, 0.29) is 24.6 Å². The maximum Gasteiger partial charge on any atom is 0.347 e. The molecule has 21 heavy (non-hydrogen) atoms. The quantitative estimate of drug-likeness (QED) is 0.795. The van der Waals surface area contributed by atoms with Gasteiger partial charge < -0.3 is 15.8 Å². The van der Waals surface area contributed by atoms with Crippen molar-refractivity contribution in [1.29, 1.82) is 0 Å². The van der Waals surface area contributed by atoms with E-state index in [0.717, 1.165) is 0 Å². The molecule has 0 atom stereocenters. The van der Waals surface area contributed by atoms with Gasteiger partial charge in [-0.25, -0.2) is 9.78 Å². The number of amides is 1. The molecule has 0 bridgehead atoms. The van der Waals surface area contributed by atoms with Crippen molar-refractivity contribution >= 4 is 17.3 Å². The number of methoxy groups -OCH3 is 1. The second-order valence-corrected chi connectivity index (χ2v) is 4.35. The minimum Gasteiger partial charge on any atom is -0.495 e. The highest BCUT2D eigenvalue weighted by atomic mass is 16.5. The first kappa shape index (κ1) is 14.6. The number of carbonyl (C=O) groups excluding carboxylic acids is 1. The molecular formula is C14H16N4O3. The third-order valence-electron chi connectivity index (χ3n) is 2.86. The van der Waals surface area contributed by atoms with Crippen molar-refractivity contribution in [3.8, 4) is 5.75 Å². The van der Waals surface area contributed by atoms with E-state index in [1.807, 2.05) is 0 Å². The van der Waals surface area contributed by atoms with Gasteiger partial charge in [-0.1, -0.05) is 0 Å². The summed E-state index contributed by atoms with van der Waals surface area (Å²) >= 11 is 0. The number of carbonyl (C=O) groups is 1. The van der Waals surface area contributed by atoms with Gasteiger partial charge in [-0.3, -0.25) is 9.36 Å². The molecule has 0 aliphatic carbocycles. The van der Waals surface area contributed by atoms with Crippen LogP contribution in [0, 0.1) is 0 Å². The summed E-state index contributed by atoms with van der Waals surface area (Å²) in [6.45, 7) is 0.253. The third-order valence-corrected chi connectivity index (χ3v) is 2.86. The Bertz CT molecular complexity index is 697. The maximum absolute atomic E-state index is 11.9. The molecule has 1 aromatic carbocycles. The highest BCUT2D eigenvalue weighted by molar-refractivity contribution is 5.92. The molecule has 2 aromatic rings. The average Bonchev–Trinajstić information content (AvgIpc) is 2.47. The van der Waals surface area contributed by atoms with Crippen molar-refractivity contribution < 1.29 is 9.53 Å². The summed E-state index contributed by atoms with van der Waals surface area (Å²) in [7, 11) is 1.51. The zero-order valence-electron chi connectivity index (χ0n) is 11.6. The predicted octanol–water partition coefficient (Wildman–Crippen LogP) is 0.863. The number of aromatic nitrogens is 2. The molecule has 0 saturated carbocycles. The fraction of sp³-hybridized carbons (Fsp3) is 0.214. The van der Waals surface area contributed by atoms with E-state index in [9.17, 15) is 9.59 Å². The predicted molar refractivity (Wildman–Crippen MR) is 79.2 cm³/mol. The summed E-state index contributed by atoms with van der Waals surface area (Å²) in [6.07, 6.45) is 3.14. The van der Waals surface area contributed by atoms with Gasteiger partial charge in [-0.2, -0.15) is 0 Å². The zero-order valence-corrected chi connectivity index (χ0v) is 11.6. The Morgan fingerprint density at radius 1 is 1.48 bits per heavy atom. The Morgan fingerprint density at radius 2 is 2.29 bits per heavy atom. The van der Waals surface area contributed by atoms with Gasteiger partial charge in [0.25, 0.3) is 0 Å². The van der Waals surface area contributed by atoms with E-state index in [1.165, 1.54) is 17.9 Å². The van der Waals surface area contributed by atoms with Gasteiger partial charge in [-0.05, 0) is 24.3 Å². The molecule has 0 spiro atoms. The van der Waals surface area contributed by atoms with Gasteiger partial charge in [-0.15, -0.1) is 0 Å². The van der Waals surface area contributed by atoms with Gasteiger partial charge in [0.05, 0.1) is 12.8 Å². The normalized spacial score (nSPS) is 10.1. The number of nitrogens with one attached hydrogen (secondary N) is 1. The van der Waals surface area contributed by atoms with Crippen molar-refractivity contribution in [3.05, 3.63) is 47.1 Å². The van der Waals surface area contributed by atoms with Crippen LogP contribution in [0.3, 0.4) is 0 Å². The minimum atomic E-state index is -0.383. The first-order valence-corrected chi connectivity index (χ1v) is 6.35. The van der Waals surface area contributed by atoms with E-state index in [4.69, 9.17) is 10.5 Å². The lowest BCUT2D eigenvalue weighted by atomic mass is 10.2. The molecule has 1 aromatic heterocycles. The van der Waals surface area contributed by atoms with Crippen molar-refractivity contribution in [2.45, 2.75) is 13.0 Å². The average molecular weight is 288 g/mol. The van der Waals surface area contributed by atoms with Crippen LogP contribution in [0.4, 0.5) is 11.4 Å². The second-order valence-electron chi connectivity index (χ2n) is 4.35. The molecule has 0 saturated heterocycles. The first-order valence-electron chi connectivity index (χ1n) is 6.35. The molecule has 1 heterocycles. The number of ether oxygens (including phenoxy) is 1. The first-order chi connectivity index (χ1) is 10.1. The molecule has 0 radical (unpaired) electrons. The molecular weight excluding hydrogens is 272 g/mol. The number of nitrogens with zero attached hydrogens (tertiary/aromatic N) is 2. The van der Waals surface area contributed by atoms with Crippen LogP contribution >= 0.6 is 0 Å². The largest absolute Gasteiger partial charge is 0.495 e. The molecule has 2 rings (SSSR count). The van der Waals surface area contributed by atoms with E-state index in [0.29, 0.717) is 17.1 Å². The number of rotatable bonds is 5. The van der Waals surface area contributed by atoms with Crippen LogP contribution in [-0.4, -0.2) is 22.6 Å². The van der Waals surface area contributed by atoms with Crippen LogP contribution < -0.4 is 21.5 Å². The molecule has 0 aliphatic heterocycles. The van der Waals surface area contributed by atoms with Crippen LogP contribution in [0.2, 0.25) is 0 Å². The van der Waals surface area contributed by atoms with E-state index >= 15 is 0 Å². The number of nitrogen functional groups attached to an aromatic ring is 1. The summed E-state index contributed by atoms with van der Waals surface area (Å²) in [5, 5.41) is 2.71. The number of anilines is 2. The van der Waals surface area contributed by atoms with Crippen LogP contribution in [-0.2, 0) is 11.3 Å². The lowest BCUT2D eigenvalue weighted by Gasteiger charge is -2.11. The third kappa shape index (κ3) is 3.82. The number of aryl methyl sites for hydroxylation is 1. The Morgan fingerprint density at radius 3 is 3.00 bits per heavy atom. The molecule has 0 unspecified atom stereocenters. The van der Waals surface area contributed by atoms with Gasteiger partial charge in [0.15, 0.2) is 0 Å². The molecule has 0 aliphatic rings. The monoisotopic (exact) mass is 288 g/mol. The summed E-state index contributed by atoms with van der Waals surface area (Å²) < 4.78 is 6.52. The number of hydrogen-bond donors (Lipinski definition) is 2. The Hall–Kier alpha value is -2.83. The highest BCUT2D eigenvalue weighted by Gasteiger charge is 2.08. The Labute approximate surface area is 121 Å². The van der Waals surface area contributed by atoms with Crippen LogP contribution in [0.25, 0.3) is 0 Å². The van der Waals surface area contributed by atoms with Gasteiger partial charge in [0.1, 0.15) is 5.75 Å². The number of nitrogens with two attached hydrogens (primary N) is 1. The molecule has 7 nitrogen and oxygen atoms in total. The molecule has 1 amide bonds. The van der Waals surface area contributed by atoms with E-state index in [1.54, 1.807) is 30.5 Å². The van der Waals surface area contributed by atoms with Gasteiger partial charge >= 0.3 is 5.69 Å². The van der Waals surface area contributed by atoms with Crippen molar-refractivity contribution in [3.63, 3.8) is 0 Å². The number of benzene rings is 1. The fourth-order valence-corrected chi connectivity index (χ4v) is 1.82. The van der Waals surface area contributed by atoms with E-state index < -0.39 is 0 Å². The minimum absolute atomic E-state index is 0.142. The van der Waals surface area contributed by atoms with Crippen LogP contribution in [0.5, 0.6) is 5.75 Å². The SMILES string of the molecule is COc1ccc(N)cc1NC(=O)CCn1cccnc1=O. The van der Waals surface area contributed by atoms with Crippen molar-refractivity contribution in [2.24, 2.45) is 0 Å². The summed E-state index contributed by atoms with van der Waals surface area (Å²) in [5.74, 6) is 0.283. The van der Waals surface area contributed by atoms with Crippen molar-refractivity contribution in [1.82, 2.24) is 9.55 Å². The zero-order chi connectivity index (χ0) is 15.2. The summed E-state index contributed by atoms with van der Waals surface area (Å²) in [6, 6.07) is 6.62. The van der Waals surface area contributed by atoms with Crippen LogP contribution in [0.15, 0.2) is 41.5 Å².